The fourth-order valence-corrected chi connectivity index (χ4v) is 4.06. The summed E-state index contributed by atoms with van der Waals surface area (Å²) in [6, 6.07) is 7.75. The van der Waals surface area contributed by atoms with Crippen molar-refractivity contribution in [2.45, 2.75) is 25.0 Å². The van der Waals surface area contributed by atoms with E-state index in [1.807, 2.05) is 6.08 Å². The van der Waals surface area contributed by atoms with Crippen molar-refractivity contribution in [2.75, 3.05) is 18.0 Å². The molecule has 37 heavy (non-hydrogen) atoms. The summed E-state index contributed by atoms with van der Waals surface area (Å²) < 4.78 is 77.9. The van der Waals surface area contributed by atoms with Gasteiger partial charge in [0.05, 0.1) is 6.54 Å². The number of benzene rings is 1. The van der Waals surface area contributed by atoms with E-state index in [0.29, 0.717) is 24.5 Å². The van der Waals surface area contributed by atoms with Crippen molar-refractivity contribution in [3.63, 3.8) is 0 Å². The van der Waals surface area contributed by atoms with Gasteiger partial charge in [-0.25, -0.2) is 14.2 Å². The fourth-order valence-electron chi connectivity index (χ4n) is 3.64. The van der Waals surface area contributed by atoms with Crippen molar-refractivity contribution in [3.8, 4) is 5.88 Å². The second-order valence-corrected chi connectivity index (χ2v) is 9.64. The number of halogens is 4. The van der Waals surface area contributed by atoms with Crippen LogP contribution >= 0.6 is 0 Å². The molecule has 1 aliphatic rings. The standard InChI is InChI=1S/C22H20F4N6O4S/c1-13-29-20(31-9-8-17(18(27)12-31)15-3-5-16(23)6-4-15)30-21(33)32(13)11-14-2-7-19(28-10-14)36-37(34,35)22(24,25)26/h2-8,10,18H,9,11-12,27H2,1H3. The first kappa shape index (κ1) is 26.2. The molecule has 2 N–H and O–H groups in total. The largest absolute Gasteiger partial charge is 0.534 e. The van der Waals surface area contributed by atoms with Crippen LogP contribution in [0.2, 0.25) is 0 Å². The van der Waals surface area contributed by atoms with E-state index in [4.69, 9.17) is 5.73 Å². The molecule has 0 spiro atoms. The summed E-state index contributed by atoms with van der Waals surface area (Å²) in [7, 11) is -5.85. The lowest BCUT2D eigenvalue weighted by atomic mass is 9.95. The van der Waals surface area contributed by atoms with E-state index < -0.39 is 33.2 Å². The van der Waals surface area contributed by atoms with E-state index in [1.54, 1.807) is 24.0 Å². The van der Waals surface area contributed by atoms with Gasteiger partial charge in [-0.1, -0.05) is 24.3 Å². The van der Waals surface area contributed by atoms with Gasteiger partial charge in [-0.15, -0.1) is 0 Å². The van der Waals surface area contributed by atoms with E-state index in [0.717, 1.165) is 23.4 Å². The number of aryl methyl sites for hydroxylation is 1. The van der Waals surface area contributed by atoms with Crippen molar-refractivity contribution in [2.24, 2.45) is 5.73 Å². The third-order valence-electron chi connectivity index (χ3n) is 5.50. The minimum absolute atomic E-state index is 0.0711. The normalized spacial score (nSPS) is 16.4. The Morgan fingerprint density at radius 3 is 2.41 bits per heavy atom. The van der Waals surface area contributed by atoms with E-state index >= 15 is 0 Å². The van der Waals surface area contributed by atoms with Crippen LogP contribution in [-0.4, -0.2) is 52.6 Å². The lowest BCUT2D eigenvalue weighted by molar-refractivity contribution is -0.0501. The maximum absolute atomic E-state index is 13.2. The third-order valence-corrected chi connectivity index (χ3v) is 6.46. The SMILES string of the molecule is Cc1nc(N2CC=C(c3ccc(F)cc3)C(N)C2)nc(=O)n1Cc1ccc(OS(=O)(=O)C(F)(F)F)nc1. The molecule has 0 amide bonds. The smallest absolute Gasteiger partial charge is 0.355 e. The van der Waals surface area contributed by atoms with E-state index in [1.165, 1.54) is 22.8 Å². The second-order valence-electron chi connectivity index (χ2n) is 8.11. The van der Waals surface area contributed by atoms with Crippen molar-refractivity contribution in [1.82, 2.24) is 19.5 Å². The van der Waals surface area contributed by atoms with Gasteiger partial charge in [-0.05, 0) is 35.8 Å². The lowest BCUT2D eigenvalue weighted by Crippen LogP contribution is -2.44. The highest BCUT2D eigenvalue weighted by atomic mass is 32.2. The van der Waals surface area contributed by atoms with Crippen molar-refractivity contribution in [3.05, 3.63) is 81.9 Å². The average Bonchev–Trinajstić information content (AvgIpc) is 2.82. The van der Waals surface area contributed by atoms with Crippen LogP contribution in [0.3, 0.4) is 0 Å². The first-order chi connectivity index (χ1) is 17.3. The monoisotopic (exact) mass is 540 g/mol. The molecule has 0 saturated carbocycles. The van der Waals surface area contributed by atoms with Gasteiger partial charge < -0.3 is 14.8 Å². The zero-order valence-electron chi connectivity index (χ0n) is 19.2. The summed E-state index contributed by atoms with van der Waals surface area (Å²) in [4.78, 5) is 26.4. The molecular formula is C22H20F4N6O4S. The Hall–Kier alpha value is -3.85. The quantitative estimate of drug-likeness (QED) is 0.283. The molecule has 0 aliphatic carbocycles. The van der Waals surface area contributed by atoms with Crippen LogP contribution in [0.1, 0.15) is 17.0 Å². The highest BCUT2D eigenvalue weighted by Crippen LogP contribution is 2.26. The minimum atomic E-state index is -5.85. The molecule has 196 valence electrons. The van der Waals surface area contributed by atoms with E-state index in [2.05, 4.69) is 19.1 Å². The van der Waals surface area contributed by atoms with Crippen LogP contribution in [0, 0.1) is 12.7 Å². The Morgan fingerprint density at radius 2 is 1.84 bits per heavy atom. The molecular weight excluding hydrogens is 520 g/mol. The Labute approximate surface area is 208 Å². The molecule has 1 aliphatic heterocycles. The molecule has 3 aromatic rings. The topological polar surface area (TPSA) is 133 Å². The van der Waals surface area contributed by atoms with Crippen molar-refractivity contribution in [1.29, 1.82) is 0 Å². The van der Waals surface area contributed by atoms with Crippen molar-refractivity contribution >= 4 is 21.6 Å². The first-order valence-electron chi connectivity index (χ1n) is 10.7. The summed E-state index contributed by atoms with van der Waals surface area (Å²) in [5.41, 5.74) is 2.07. The van der Waals surface area contributed by atoms with Gasteiger partial charge >= 0.3 is 21.3 Å². The minimum Gasteiger partial charge on any atom is -0.355 e. The summed E-state index contributed by atoms with van der Waals surface area (Å²) in [6.07, 6.45) is 2.94. The Bertz CT molecular complexity index is 1490. The molecule has 0 bridgehead atoms. The summed E-state index contributed by atoms with van der Waals surface area (Å²) in [5.74, 6) is -0.653. The number of nitrogens with zero attached hydrogens (tertiary/aromatic N) is 5. The molecule has 1 aromatic carbocycles. The Kier molecular flexibility index (Phi) is 7.01. The maximum atomic E-state index is 13.2. The first-order valence-corrected chi connectivity index (χ1v) is 12.1. The molecule has 0 fully saturated rings. The van der Waals surface area contributed by atoms with Crippen LogP contribution in [0.15, 0.2) is 53.5 Å². The zero-order valence-corrected chi connectivity index (χ0v) is 20.0. The third kappa shape index (κ3) is 5.77. The van der Waals surface area contributed by atoms with Crippen LogP contribution in [0.5, 0.6) is 5.88 Å². The maximum Gasteiger partial charge on any atom is 0.534 e. The molecule has 3 heterocycles. The van der Waals surface area contributed by atoms with Crippen LogP contribution < -0.4 is 20.5 Å². The molecule has 1 unspecified atom stereocenters. The van der Waals surface area contributed by atoms with Gasteiger partial charge in [0.2, 0.25) is 11.8 Å². The Morgan fingerprint density at radius 1 is 1.14 bits per heavy atom. The molecule has 10 nitrogen and oxygen atoms in total. The molecule has 0 radical (unpaired) electrons. The van der Waals surface area contributed by atoms with Crippen molar-refractivity contribution < 1.29 is 30.2 Å². The van der Waals surface area contributed by atoms with Gasteiger partial charge in [0.15, 0.2) is 0 Å². The average molecular weight is 540 g/mol. The fraction of sp³-hybridized carbons (Fsp3) is 0.273. The highest BCUT2D eigenvalue weighted by Gasteiger charge is 2.48. The van der Waals surface area contributed by atoms with Gasteiger partial charge in [0.25, 0.3) is 0 Å². The van der Waals surface area contributed by atoms with E-state index in [-0.39, 0.29) is 18.3 Å². The summed E-state index contributed by atoms with van der Waals surface area (Å²) in [5, 5.41) is 0. The molecule has 15 heteroatoms. The van der Waals surface area contributed by atoms with Gasteiger partial charge in [-0.2, -0.15) is 31.6 Å². The van der Waals surface area contributed by atoms with Crippen LogP contribution in [0.25, 0.3) is 5.57 Å². The zero-order chi connectivity index (χ0) is 27.0. The molecule has 1 atom stereocenters. The molecule has 2 aromatic heterocycles. The number of rotatable bonds is 6. The van der Waals surface area contributed by atoms with Crippen LogP contribution in [-0.2, 0) is 16.7 Å². The number of alkyl halides is 3. The second kappa shape index (κ2) is 9.89. The number of pyridine rings is 1. The lowest BCUT2D eigenvalue weighted by Gasteiger charge is -2.31. The Balaban J connectivity index is 1.48. The molecule has 4 rings (SSSR count). The predicted molar refractivity (Wildman–Crippen MR) is 125 cm³/mol. The van der Waals surface area contributed by atoms with E-state index in [9.17, 15) is 30.8 Å². The van der Waals surface area contributed by atoms with Gasteiger partial charge in [0.1, 0.15) is 11.6 Å². The predicted octanol–water partition coefficient (Wildman–Crippen LogP) is 1.99. The summed E-state index contributed by atoms with van der Waals surface area (Å²) >= 11 is 0. The van der Waals surface area contributed by atoms with Gasteiger partial charge in [-0.3, -0.25) is 4.57 Å². The number of aromatic nitrogens is 4. The number of hydrogen-bond donors (Lipinski definition) is 1. The molecule has 0 saturated heterocycles. The number of nitrogens with two attached hydrogens (primary N) is 1. The summed E-state index contributed by atoms with van der Waals surface area (Å²) in [6.45, 7) is 2.20. The number of hydrogen-bond acceptors (Lipinski definition) is 9. The number of anilines is 1. The van der Waals surface area contributed by atoms with Crippen LogP contribution in [0.4, 0.5) is 23.5 Å². The van der Waals surface area contributed by atoms with Gasteiger partial charge in [0, 0.05) is 31.4 Å². The highest BCUT2D eigenvalue weighted by molar-refractivity contribution is 7.87.